The molecule has 96 valence electrons. The molecule has 0 saturated heterocycles. The zero-order valence-corrected chi connectivity index (χ0v) is 13.0. The molecule has 2 N–H and O–H groups in total. The first-order chi connectivity index (χ1) is 7.71. The third kappa shape index (κ3) is 4.00. The monoisotopic (exact) mass is 298 g/mol. The molecule has 0 aromatic heterocycles. The number of halogens is 1. The van der Waals surface area contributed by atoms with Gasteiger partial charge in [-0.25, -0.2) is 0 Å². The first-order valence-electron chi connectivity index (χ1n) is 5.96. The number of hydrogen-bond acceptors (Lipinski definition) is 2. The number of anilines is 1. The van der Waals surface area contributed by atoms with Gasteiger partial charge in [-0.1, -0.05) is 26.8 Å². The van der Waals surface area contributed by atoms with Crippen molar-refractivity contribution in [1.82, 2.24) is 4.90 Å². The largest absolute Gasteiger partial charge is 0.398 e. The van der Waals surface area contributed by atoms with Gasteiger partial charge in [0.1, 0.15) is 0 Å². The van der Waals surface area contributed by atoms with Crippen LogP contribution in [0.2, 0.25) is 0 Å². The molecule has 3 heteroatoms. The maximum Gasteiger partial charge on any atom is 0.0458 e. The van der Waals surface area contributed by atoms with Crippen molar-refractivity contribution in [3.8, 4) is 0 Å². The molecular formula is C14H23BrN2. The molecule has 0 heterocycles. The number of nitrogen functional groups attached to an aromatic ring is 1. The van der Waals surface area contributed by atoms with Gasteiger partial charge >= 0.3 is 0 Å². The van der Waals surface area contributed by atoms with Crippen LogP contribution in [-0.2, 0) is 6.54 Å². The van der Waals surface area contributed by atoms with Crippen LogP contribution in [0.3, 0.4) is 0 Å². The Morgan fingerprint density at radius 2 is 1.94 bits per heavy atom. The summed E-state index contributed by atoms with van der Waals surface area (Å²) in [7, 11) is 2.17. The summed E-state index contributed by atoms with van der Waals surface area (Å²) in [6, 6.07) is 6.67. The zero-order chi connectivity index (χ0) is 13.2. The van der Waals surface area contributed by atoms with Crippen molar-refractivity contribution < 1.29 is 0 Å². The van der Waals surface area contributed by atoms with Crippen LogP contribution in [0.5, 0.6) is 0 Å². The second-order valence-electron chi connectivity index (χ2n) is 5.81. The molecule has 0 spiro atoms. The van der Waals surface area contributed by atoms with Crippen LogP contribution in [0, 0.1) is 5.41 Å². The predicted octanol–water partition coefficient (Wildman–Crippen LogP) is 3.90. The van der Waals surface area contributed by atoms with Gasteiger partial charge in [0.2, 0.25) is 0 Å². The second-order valence-corrected chi connectivity index (χ2v) is 6.67. The van der Waals surface area contributed by atoms with Crippen molar-refractivity contribution in [2.75, 3.05) is 12.8 Å². The highest BCUT2D eigenvalue weighted by Crippen LogP contribution is 2.26. The van der Waals surface area contributed by atoms with Crippen molar-refractivity contribution >= 4 is 21.6 Å². The lowest BCUT2D eigenvalue weighted by Crippen LogP contribution is -2.38. The quantitative estimate of drug-likeness (QED) is 0.858. The van der Waals surface area contributed by atoms with E-state index in [1.807, 2.05) is 6.07 Å². The molecule has 0 aliphatic heterocycles. The summed E-state index contributed by atoms with van der Waals surface area (Å²) in [5.41, 5.74) is 8.15. The molecule has 0 aliphatic carbocycles. The van der Waals surface area contributed by atoms with Gasteiger partial charge in [0.25, 0.3) is 0 Å². The minimum absolute atomic E-state index is 0.291. The molecule has 0 saturated carbocycles. The SMILES string of the molecule is CC(N(C)Cc1ccc(N)c(Br)c1)C(C)(C)C. The summed E-state index contributed by atoms with van der Waals surface area (Å²) < 4.78 is 0.979. The molecule has 0 amide bonds. The predicted molar refractivity (Wildman–Crippen MR) is 78.9 cm³/mol. The molecule has 0 aliphatic rings. The first kappa shape index (κ1) is 14.5. The lowest BCUT2D eigenvalue weighted by atomic mass is 9.87. The highest BCUT2D eigenvalue weighted by atomic mass is 79.9. The fourth-order valence-corrected chi connectivity index (χ4v) is 2.18. The average Bonchev–Trinajstić information content (AvgIpc) is 2.21. The maximum atomic E-state index is 5.79. The summed E-state index contributed by atoms with van der Waals surface area (Å²) in [4.78, 5) is 2.37. The molecule has 1 aromatic rings. The van der Waals surface area contributed by atoms with E-state index in [0.717, 1.165) is 16.7 Å². The summed E-state index contributed by atoms with van der Waals surface area (Å²) >= 11 is 3.47. The number of benzene rings is 1. The molecule has 1 aromatic carbocycles. The molecule has 1 rings (SSSR count). The van der Waals surface area contributed by atoms with Crippen molar-refractivity contribution in [1.29, 1.82) is 0 Å². The van der Waals surface area contributed by atoms with Gasteiger partial charge in [0.15, 0.2) is 0 Å². The summed E-state index contributed by atoms with van der Waals surface area (Å²) in [6.45, 7) is 10.0. The van der Waals surface area contributed by atoms with E-state index in [2.05, 4.69) is 67.7 Å². The summed E-state index contributed by atoms with van der Waals surface area (Å²) in [5.74, 6) is 0. The summed E-state index contributed by atoms with van der Waals surface area (Å²) in [5, 5.41) is 0. The number of hydrogen-bond donors (Lipinski definition) is 1. The van der Waals surface area contributed by atoms with E-state index < -0.39 is 0 Å². The van der Waals surface area contributed by atoms with Gasteiger partial charge < -0.3 is 5.73 Å². The van der Waals surface area contributed by atoms with E-state index in [4.69, 9.17) is 5.73 Å². The fraction of sp³-hybridized carbons (Fsp3) is 0.571. The van der Waals surface area contributed by atoms with E-state index in [1.54, 1.807) is 0 Å². The molecule has 2 nitrogen and oxygen atoms in total. The van der Waals surface area contributed by atoms with Gasteiger partial charge in [-0.05, 0) is 53.0 Å². The number of nitrogens with zero attached hydrogens (tertiary/aromatic N) is 1. The zero-order valence-electron chi connectivity index (χ0n) is 11.4. The van der Waals surface area contributed by atoms with E-state index in [0.29, 0.717) is 11.5 Å². The first-order valence-corrected chi connectivity index (χ1v) is 6.75. The highest BCUT2D eigenvalue weighted by molar-refractivity contribution is 9.10. The van der Waals surface area contributed by atoms with Crippen LogP contribution in [0.1, 0.15) is 33.3 Å². The third-order valence-corrected chi connectivity index (χ3v) is 4.10. The van der Waals surface area contributed by atoms with Crippen LogP contribution in [0.4, 0.5) is 5.69 Å². The molecular weight excluding hydrogens is 276 g/mol. The Balaban J connectivity index is 2.74. The van der Waals surface area contributed by atoms with Crippen molar-refractivity contribution in [2.24, 2.45) is 5.41 Å². The Hall–Kier alpha value is -0.540. The Kier molecular flexibility index (Phi) is 4.62. The molecule has 1 unspecified atom stereocenters. The summed E-state index contributed by atoms with van der Waals surface area (Å²) in [6.07, 6.45) is 0. The molecule has 1 atom stereocenters. The van der Waals surface area contributed by atoms with Crippen LogP contribution in [0.15, 0.2) is 22.7 Å². The van der Waals surface area contributed by atoms with Crippen LogP contribution < -0.4 is 5.73 Å². The second kappa shape index (κ2) is 5.40. The molecule has 0 fully saturated rings. The lowest BCUT2D eigenvalue weighted by molar-refractivity contribution is 0.134. The van der Waals surface area contributed by atoms with Crippen molar-refractivity contribution in [3.05, 3.63) is 28.2 Å². The average molecular weight is 299 g/mol. The highest BCUT2D eigenvalue weighted by Gasteiger charge is 2.23. The Morgan fingerprint density at radius 1 is 1.35 bits per heavy atom. The number of rotatable bonds is 3. The topological polar surface area (TPSA) is 29.3 Å². The van der Waals surface area contributed by atoms with Crippen LogP contribution in [-0.4, -0.2) is 18.0 Å². The van der Waals surface area contributed by atoms with Crippen LogP contribution >= 0.6 is 15.9 Å². The van der Waals surface area contributed by atoms with Gasteiger partial charge in [-0.2, -0.15) is 0 Å². The van der Waals surface area contributed by atoms with Crippen molar-refractivity contribution in [3.63, 3.8) is 0 Å². The Labute approximate surface area is 113 Å². The molecule has 0 radical (unpaired) electrons. The van der Waals surface area contributed by atoms with Crippen LogP contribution in [0.25, 0.3) is 0 Å². The van der Waals surface area contributed by atoms with E-state index >= 15 is 0 Å². The van der Waals surface area contributed by atoms with E-state index in [1.165, 1.54) is 5.56 Å². The number of nitrogens with two attached hydrogens (primary N) is 1. The molecule has 17 heavy (non-hydrogen) atoms. The lowest BCUT2D eigenvalue weighted by Gasteiger charge is -2.35. The van der Waals surface area contributed by atoms with Gasteiger partial charge in [-0.15, -0.1) is 0 Å². The minimum Gasteiger partial charge on any atom is -0.398 e. The van der Waals surface area contributed by atoms with E-state index in [9.17, 15) is 0 Å². The van der Waals surface area contributed by atoms with Gasteiger partial charge in [-0.3, -0.25) is 4.90 Å². The van der Waals surface area contributed by atoms with E-state index in [-0.39, 0.29) is 0 Å². The minimum atomic E-state index is 0.291. The molecule has 0 bridgehead atoms. The standard InChI is InChI=1S/C14H23BrN2/c1-10(14(2,3)4)17(5)9-11-6-7-13(16)12(15)8-11/h6-8,10H,9,16H2,1-5H3. The Morgan fingerprint density at radius 3 is 2.41 bits per heavy atom. The smallest absolute Gasteiger partial charge is 0.0458 e. The normalized spacial score (nSPS) is 14.1. The van der Waals surface area contributed by atoms with Gasteiger partial charge in [0.05, 0.1) is 0 Å². The fourth-order valence-electron chi connectivity index (χ4n) is 1.76. The third-order valence-electron chi connectivity index (χ3n) is 3.41. The van der Waals surface area contributed by atoms with Crippen molar-refractivity contribution in [2.45, 2.75) is 40.3 Å². The Bertz CT molecular complexity index is 382. The van der Waals surface area contributed by atoms with Gasteiger partial charge in [0, 0.05) is 22.7 Å². The maximum absolute atomic E-state index is 5.79.